The van der Waals surface area contributed by atoms with E-state index in [1.54, 1.807) is 21.0 Å². The van der Waals surface area contributed by atoms with Crippen molar-refractivity contribution in [3.63, 3.8) is 0 Å². The molecule has 0 aliphatic carbocycles. The zero-order chi connectivity index (χ0) is 30.6. The summed E-state index contributed by atoms with van der Waals surface area (Å²) in [6.45, 7) is 9.42. The van der Waals surface area contributed by atoms with Gasteiger partial charge in [-0.15, -0.1) is 0 Å². The van der Waals surface area contributed by atoms with Gasteiger partial charge in [0.15, 0.2) is 0 Å². The number of carbonyl (C=O) groups is 4. The SMILES string of the molecule is CO[C@@H]1CCc2cc3cc(ccc3cn2)[C@@H](C)NC(=O)[C@@H]2CCCN(N2)C(=O)[C@H](C)NC(=O)[C@H](C(C)C)NC(=O)[C@@H]1C. The predicted octanol–water partition coefficient (Wildman–Crippen LogP) is 2.15. The summed E-state index contributed by atoms with van der Waals surface area (Å²) >= 11 is 0. The summed E-state index contributed by atoms with van der Waals surface area (Å²) in [4.78, 5) is 57.6. The molecular weight excluding hydrogens is 536 g/mol. The molecule has 42 heavy (non-hydrogen) atoms. The second-order valence-electron chi connectivity index (χ2n) is 11.9. The number of benzene rings is 1. The molecule has 0 radical (unpaired) electrons. The second-order valence-corrected chi connectivity index (χ2v) is 11.9. The van der Waals surface area contributed by atoms with E-state index >= 15 is 0 Å². The Balaban J connectivity index is 1.65. The Kier molecular flexibility index (Phi) is 10.2. The summed E-state index contributed by atoms with van der Waals surface area (Å²) in [5.74, 6) is -2.03. The lowest BCUT2D eigenvalue weighted by Gasteiger charge is -2.35. The molecule has 5 bridgehead atoms. The molecule has 1 saturated heterocycles. The van der Waals surface area contributed by atoms with Crippen molar-refractivity contribution in [1.29, 1.82) is 0 Å². The summed E-state index contributed by atoms with van der Waals surface area (Å²) in [6, 6.07) is 5.52. The van der Waals surface area contributed by atoms with Gasteiger partial charge in [0.05, 0.1) is 18.1 Å². The molecule has 228 valence electrons. The first-order valence-electron chi connectivity index (χ1n) is 14.9. The Bertz CT molecular complexity index is 1320. The summed E-state index contributed by atoms with van der Waals surface area (Å²) < 4.78 is 5.70. The molecule has 4 amide bonds. The molecule has 0 saturated carbocycles. The predicted molar refractivity (Wildman–Crippen MR) is 159 cm³/mol. The highest BCUT2D eigenvalue weighted by atomic mass is 16.5. The quantitative estimate of drug-likeness (QED) is 0.427. The number of methoxy groups -OCH3 is 1. The van der Waals surface area contributed by atoms with E-state index in [0.29, 0.717) is 32.2 Å². The number of hydrogen-bond acceptors (Lipinski definition) is 7. The number of nitrogens with one attached hydrogen (secondary N) is 4. The Morgan fingerprint density at radius 1 is 0.905 bits per heavy atom. The van der Waals surface area contributed by atoms with Gasteiger partial charge in [0.2, 0.25) is 17.7 Å². The van der Waals surface area contributed by atoms with Gasteiger partial charge in [-0.3, -0.25) is 29.2 Å². The molecule has 1 aromatic heterocycles. The molecule has 2 aliphatic rings. The lowest BCUT2D eigenvalue weighted by atomic mass is 9.95. The minimum atomic E-state index is -0.862. The normalized spacial score (nSPS) is 28.7. The van der Waals surface area contributed by atoms with Gasteiger partial charge in [-0.25, -0.2) is 5.43 Å². The minimum absolute atomic E-state index is 0.198. The van der Waals surface area contributed by atoms with Crippen molar-refractivity contribution in [1.82, 2.24) is 31.4 Å². The monoisotopic (exact) mass is 580 g/mol. The van der Waals surface area contributed by atoms with Crippen LogP contribution in [0.3, 0.4) is 0 Å². The number of fused-ring (bicyclic) bond motifs is 4. The number of nitrogens with zero attached hydrogens (tertiary/aromatic N) is 2. The van der Waals surface area contributed by atoms with Crippen molar-refractivity contribution in [3.05, 3.63) is 41.7 Å². The van der Waals surface area contributed by atoms with E-state index in [-0.39, 0.29) is 29.7 Å². The maximum atomic E-state index is 13.3. The third-order valence-electron chi connectivity index (χ3n) is 8.36. The van der Waals surface area contributed by atoms with Crippen LogP contribution in [0.15, 0.2) is 30.5 Å². The summed E-state index contributed by atoms with van der Waals surface area (Å²) in [6.07, 6.45) is 3.82. The van der Waals surface area contributed by atoms with Gasteiger partial charge in [0, 0.05) is 30.9 Å². The van der Waals surface area contributed by atoms with Crippen molar-refractivity contribution in [2.75, 3.05) is 13.7 Å². The first-order chi connectivity index (χ1) is 20.0. The fraction of sp³-hybridized carbons (Fsp3) is 0.581. The van der Waals surface area contributed by atoms with Crippen molar-refractivity contribution in [2.45, 2.75) is 90.6 Å². The Morgan fingerprint density at radius 2 is 1.64 bits per heavy atom. The molecule has 2 aromatic rings. The van der Waals surface area contributed by atoms with Gasteiger partial charge in [-0.05, 0) is 68.5 Å². The van der Waals surface area contributed by atoms with Crippen molar-refractivity contribution in [3.8, 4) is 0 Å². The highest BCUT2D eigenvalue weighted by Gasteiger charge is 2.34. The fourth-order valence-electron chi connectivity index (χ4n) is 5.59. The first kappa shape index (κ1) is 31.4. The molecule has 4 N–H and O–H groups in total. The molecule has 11 nitrogen and oxygen atoms in total. The van der Waals surface area contributed by atoms with Crippen LogP contribution in [0.25, 0.3) is 10.8 Å². The zero-order valence-corrected chi connectivity index (χ0v) is 25.4. The van der Waals surface area contributed by atoms with Crippen LogP contribution in [0.2, 0.25) is 0 Å². The molecule has 11 heteroatoms. The standard InChI is InChI=1S/C31H44N6O5/c1-17(2)27-30(40)34-20(5)31(41)37-13-7-8-25(36-37)29(39)33-19(4)21-9-10-22-16-32-24(15-23(22)14-21)11-12-26(42-6)18(3)28(38)35-27/h9-10,14-20,25-27,36H,7-8,11-13H2,1-6H3,(H,33,39)(H,34,40)(H,35,38)/t18-,19-,20+,25+,26-,27+/m1/s1. The van der Waals surface area contributed by atoms with Crippen molar-refractivity contribution in [2.24, 2.45) is 11.8 Å². The molecule has 1 aromatic carbocycles. The van der Waals surface area contributed by atoms with E-state index in [4.69, 9.17) is 4.74 Å². The van der Waals surface area contributed by atoms with Crippen molar-refractivity contribution >= 4 is 34.4 Å². The lowest BCUT2D eigenvalue weighted by molar-refractivity contribution is -0.143. The topological polar surface area (TPSA) is 142 Å². The third kappa shape index (κ3) is 7.25. The van der Waals surface area contributed by atoms with Gasteiger partial charge in [-0.1, -0.05) is 32.9 Å². The average molecular weight is 581 g/mol. The number of carbonyl (C=O) groups excluding carboxylic acids is 4. The Labute approximate surface area is 247 Å². The van der Waals surface area contributed by atoms with E-state index < -0.39 is 36.1 Å². The maximum absolute atomic E-state index is 13.3. The maximum Gasteiger partial charge on any atom is 0.258 e. The van der Waals surface area contributed by atoms with Gasteiger partial charge in [0.25, 0.3) is 5.91 Å². The largest absolute Gasteiger partial charge is 0.381 e. The molecule has 0 spiro atoms. The van der Waals surface area contributed by atoms with Crippen LogP contribution in [-0.2, 0) is 30.3 Å². The van der Waals surface area contributed by atoms with Crippen LogP contribution in [0, 0.1) is 11.8 Å². The van der Waals surface area contributed by atoms with Crippen LogP contribution >= 0.6 is 0 Å². The van der Waals surface area contributed by atoms with Crippen LogP contribution in [0.4, 0.5) is 0 Å². The van der Waals surface area contributed by atoms with Crippen molar-refractivity contribution < 1.29 is 23.9 Å². The molecule has 3 heterocycles. The highest BCUT2D eigenvalue weighted by molar-refractivity contribution is 5.93. The third-order valence-corrected chi connectivity index (χ3v) is 8.36. The summed E-state index contributed by atoms with van der Waals surface area (Å²) in [5, 5.41) is 12.1. The molecular formula is C31H44N6O5. The molecule has 4 rings (SSSR count). The number of hydrogen-bond donors (Lipinski definition) is 4. The summed E-state index contributed by atoms with van der Waals surface area (Å²) in [7, 11) is 1.58. The van der Waals surface area contributed by atoms with E-state index in [1.165, 1.54) is 5.01 Å². The summed E-state index contributed by atoms with van der Waals surface area (Å²) in [5.41, 5.74) is 4.88. The molecule has 6 atom stereocenters. The second kappa shape index (κ2) is 13.6. The molecule has 0 unspecified atom stereocenters. The first-order valence-corrected chi connectivity index (χ1v) is 14.9. The number of amides is 4. The van der Waals surface area contributed by atoms with Crippen LogP contribution in [0.5, 0.6) is 0 Å². The number of ether oxygens (including phenoxy) is 1. The zero-order valence-electron chi connectivity index (χ0n) is 25.4. The number of aromatic nitrogens is 1. The van der Waals surface area contributed by atoms with Gasteiger partial charge in [0.1, 0.15) is 18.1 Å². The minimum Gasteiger partial charge on any atom is -0.381 e. The smallest absolute Gasteiger partial charge is 0.258 e. The number of pyridine rings is 1. The van der Waals surface area contributed by atoms with E-state index in [2.05, 4.69) is 32.4 Å². The number of rotatable bonds is 2. The average Bonchev–Trinajstić information content (AvgIpc) is 2.98. The highest BCUT2D eigenvalue weighted by Crippen LogP contribution is 2.23. The van der Waals surface area contributed by atoms with Gasteiger partial charge in [-0.2, -0.15) is 0 Å². The molecule has 1 fully saturated rings. The fourth-order valence-corrected chi connectivity index (χ4v) is 5.59. The van der Waals surface area contributed by atoms with Crippen LogP contribution < -0.4 is 21.4 Å². The van der Waals surface area contributed by atoms with E-state index in [0.717, 1.165) is 22.0 Å². The number of hydrazine groups is 1. The lowest BCUT2D eigenvalue weighted by Crippen LogP contribution is -2.62. The van der Waals surface area contributed by atoms with Crippen LogP contribution in [0.1, 0.15) is 71.2 Å². The molecule has 2 aliphatic heterocycles. The van der Waals surface area contributed by atoms with Crippen LogP contribution in [-0.4, -0.2) is 71.5 Å². The van der Waals surface area contributed by atoms with E-state index in [1.807, 2.05) is 45.2 Å². The number of aryl methyl sites for hydroxylation is 1. The Morgan fingerprint density at radius 3 is 2.36 bits per heavy atom. The Hall–Kier alpha value is -3.57. The van der Waals surface area contributed by atoms with E-state index in [9.17, 15) is 19.2 Å². The van der Waals surface area contributed by atoms with Gasteiger partial charge < -0.3 is 20.7 Å². The van der Waals surface area contributed by atoms with Gasteiger partial charge >= 0.3 is 0 Å².